The molecule has 7 nitrogen and oxygen atoms in total. The molecule has 0 bridgehead atoms. The van der Waals surface area contributed by atoms with E-state index in [0.29, 0.717) is 6.54 Å². The van der Waals surface area contributed by atoms with E-state index in [1.165, 1.54) is 5.56 Å². The molecule has 0 unspecified atom stereocenters. The highest BCUT2D eigenvalue weighted by Crippen LogP contribution is 2.26. The van der Waals surface area contributed by atoms with Crippen LogP contribution in [0.5, 0.6) is 0 Å². The largest absolute Gasteiger partial charge is 0.376 e. The summed E-state index contributed by atoms with van der Waals surface area (Å²) < 4.78 is 5.54. The highest BCUT2D eigenvalue weighted by Gasteiger charge is 2.18. The summed E-state index contributed by atoms with van der Waals surface area (Å²) in [7, 11) is 2.15. The van der Waals surface area contributed by atoms with Gasteiger partial charge in [0.1, 0.15) is 5.82 Å². The number of amides is 2. The lowest BCUT2D eigenvalue weighted by molar-refractivity contribution is 0.112. The fraction of sp³-hybridized carbons (Fsp3) is 0.524. The number of anilines is 2. The third kappa shape index (κ3) is 4.36. The Labute approximate surface area is 166 Å². The highest BCUT2D eigenvalue weighted by molar-refractivity contribution is 5.94. The van der Waals surface area contributed by atoms with Gasteiger partial charge < -0.3 is 25.2 Å². The number of ether oxygens (including phenoxy) is 1. The molecule has 0 spiro atoms. The lowest BCUT2D eigenvalue weighted by Gasteiger charge is -2.33. The van der Waals surface area contributed by atoms with Gasteiger partial charge in [-0.3, -0.25) is 0 Å². The fourth-order valence-electron chi connectivity index (χ4n) is 3.84. The van der Waals surface area contributed by atoms with Crippen molar-refractivity contribution in [2.45, 2.75) is 25.9 Å². The van der Waals surface area contributed by atoms with Gasteiger partial charge in [0.15, 0.2) is 0 Å². The molecule has 1 atom stereocenters. The zero-order valence-electron chi connectivity index (χ0n) is 16.7. The molecule has 1 aromatic heterocycles. The third-order valence-corrected chi connectivity index (χ3v) is 5.60. The Balaban J connectivity index is 1.44. The van der Waals surface area contributed by atoms with Crippen LogP contribution >= 0.6 is 0 Å². The number of aryl methyl sites for hydroxylation is 1. The zero-order valence-corrected chi connectivity index (χ0v) is 16.7. The number of likely N-dealkylation sites (N-methyl/N-ethyl adjacent to an activating group) is 1. The zero-order chi connectivity index (χ0) is 19.5. The van der Waals surface area contributed by atoms with Crippen molar-refractivity contribution < 1.29 is 9.53 Å². The van der Waals surface area contributed by atoms with Crippen molar-refractivity contribution in [3.8, 4) is 0 Å². The van der Waals surface area contributed by atoms with Gasteiger partial charge in [-0.05, 0) is 56.6 Å². The predicted molar refractivity (Wildman–Crippen MR) is 112 cm³/mol. The van der Waals surface area contributed by atoms with E-state index in [9.17, 15) is 4.79 Å². The van der Waals surface area contributed by atoms with E-state index < -0.39 is 0 Å². The smallest absolute Gasteiger partial charge is 0.319 e. The van der Waals surface area contributed by atoms with Crippen LogP contribution in [-0.4, -0.2) is 68.4 Å². The summed E-state index contributed by atoms with van der Waals surface area (Å²) >= 11 is 0. The van der Waals surface area contributed by atoms with Crippen LogP contribution in [0.3, 0.4) is 0 Å². The molecule has 2 aromatic rings. The number of pyridine rings is 1. The maximum Gasteiger partial charge on any atom is 0.319 e. The first kappa shape index (κ1) is 19.0. The van der Waals surface area contributed by atoms with E-state index >= 15 is 0 Å². The summed E-state index contributed by atoms with van der Waals surface area (Å²) in [5, 5.41) is 6.87. The van der Waals surface area contributed by atoms with Gasteiger partial charge in [0.2, 0.25) is 0 Å². The molecule has 2 amide bonds. The second kappa shape index (κ2) is 8.32. The molecule has 28 heavy (non-hydrogen) atoms. The van der Waals surface area contributed by atoms with Gasteiger partial charge >= 0.3 is 6.03 Å². The molecule has 1 aromatic carbocycles. The topological polar surface area (TPSA) is 69.7 Å². The molecule has 2 fully saturated rings. The van der Waals surface area contributed by atoms with E-state index in [-0.39, 0.29) is 12.1 Å². The van der Waals surface area contributed by atoms with E-state index in [1.54, 1.807) is 0 Å². The van der Waals surface area contributed by atoms with Crippen molar-refractivity contribution in [2.24, 2.45) is 0 Å². The van der Waals surface area contributed by atoms with Crippen LogP contribution in [0, 0.1) is 6.92 Å². The minimum absolute atomic E-state index is 0.141. The molecule has 2 saturated heterocycles. The van der Waals surface area contributed by atoms with E-state index in [0.717, 1.165) is 68.0 Å². The molecule has 2 aliphatic rings. The third-order valence-electron chi connectivity index (χ3n) is 5.60. The van der Waals surface area contributed by atoms with Crippen molar-refractivity contribution in [3.05, 3.63) is 29.8 Å². The number of carbonyl (C=O) groups is 1. The van der Waals surface area contributed by atoms with Crippen LogP contribution in [0.15, 0.2) is 24.3 Å². The molecule has 150 valence electrons. The summed E-state index contributed by atoms with van der Waals surface area (Å²) in [6.07, 6.45) is 2.22. The van der Waals surface area contributed by atoms with Crippen molar-refractivity contribution >= 4 is 28.4 Å². The number of hydrogen-bond acceptors (Lipinski definition) is 5. The predicted octanol–water partition coefficient (Wildman–Crippen LogP) is 2.60. The molecule has 0 saturated carbocycles. The lowest BCUT2D eigenvalue weighted by atomic mass is 10.1. The van der Waals surface area contributed by atoms with Crippen LogP contribution in [0.2, 0.25) is 0 Å². The summed E-state index contributed by atoms with van der Waals surface area (Å²) in [4.78, 5) is 21.7. The molecular weight excluding hydrogens is 354 g/mol. The van der Waals surface area contributed by atoms with Crippen LogP contribution < -0.4 is 15.5 Å². The van der Waals surface area contributed by atoms with Gasteiger partial charge in [-0.15, -0.1) is 0 Å². The number of piperazine rings is 1. The van der Waals surface area contributed by atoms with Crippen molar-refractivity contribution in [1.29, 1.82) is 0 Å². The SMILES string of the molecule is Cc1cc(N2CCN(C)CC2)nc2ccc(NC(=O)NC[C@H]3CCCO3)cc12. The summed E-state index contributed by atoms with van der Waals surface area (Å²) in [5.41, 5.74) is 2.90. The van der Waals surface area contributed by atoms with E-state index in [4.69, 9.17) is 9.72 Å². The Hall–Kier alpha value is -2.38. The van der Waals surface area contributed by atoms with E-state index in [2.05, 4.69) is 40.5 Å². The second-order valence-electron chi connectivity index (χ2n) is 7.79. The van der Waals surface area contributed by atoms with Gasteiger partial charge in [-0.1, -0.05) is 0 Å². The molecular formula is C21H29N5O2. The number of aromatic nitrogens is 1. The number of hydrogen-bond donors (Lipinski definition) is 2. The second-order valence-corrected chi connectivity index (χ2v) is 7.79. The van der Waals surface area contributed by atoms with Crippen LogP contribution in [0.25, 0.3) is 10.9 Å². The molecule has 0 radical (unpaired) electrons. The van der Waals surface area contributed by atoms with E-state index in [1.807, 2.05) is 18.2 Å². The van der Waals surface area contributed by atoms with Gasteiger partial charge in [0.05, 0.1) is 11.6 Å². The Bertz CT molecular complexity index is 842. The number of nitrogens with zero attached hydrogens (tertiary/aromatic N) is 3. The Kier molecular flexibility index (Phi) is 5.64. The Morgan fingerprint density at radius 2 is 2.07 bits per heavy atom. The maximum atomic E-state index is 12.2. The number of fused-ring (bicyclic) bond motifs is 1. The first-order valence-corrected chi connectivity index (χ1v) is 10.1. The van der Waals surface area contributed by atoms with Gasteiger partial charge in [0.25, 0.3) is 0 Å². The minimum atomic E-state index is -0.200. The summed E-state index contributed by atoms with van der Waals surface area (Å²) in [6, 6.07) is 7.84. The average Bonchev–Trinajstić information content (AvgIpc) is 3.21. The number of urea groups is 1. The summed E-state index contributed by atoms with van der Waals surface area (Å²) in [6.45, 7) is 7.56. The fourth-order valence-corrected chi connectivity index (χ4v) is 3.84. The number of carbonyl (C=O) groups excluding carboxylic acids is 1. The molecule has 7 heteroatoms. The van der Waals surface area contributed by atoms with Crippen LogP contribution in [0.1, 0.15) is 18.4 Å². The quantitative estimate of drug-likeness (QED) is 0.849. The molecule has 4 rings (SSSR count). The maximum absolute atomic E-state index is 12.2. The van der Waals surface area contributed by atoms with Crippen molar-refractivity contribution in [2.75, 3.05) is 56.6 Å². The number of benzene rings is 1. The average molecular weight is 383 g/mol. The molecule has 0 aliphatic carbocycles. The number of nitrogens with one attached hydrogen (secondary N) is 2. The summed E-state index contributed by atoms with van der Waals surface area (Å²) in [5.74, 6) is 1.04. The molecule has 2 N–H and O–H groups in total. The van der Waals surface area contributed by atoms with Crippen molar-refractivity contribution in [3.63, 3.8) is 0 Å². The van der Waals surface area contributed by atoms with Crippen LogP contribution in [0.4, 0.5) is 16.3 Å². The highest BCUT2D eigenvalue weighted by atomic mass is 16.5. The molecule has 3 heterocycles. The minimum Gasteiger partial charge on any atom is -0.376 e. The first-order valence-electron chi connectivity index (χ1n) is 10.1. The molecule has 2 aliphatic heterocycles. The normalized spacial score (nSPS) is 20.5. The first-order chi connectivity index (χ1) is 13.6. The Morgan fingerprint density at radius 3 is 2.82 bits per heavy atom. The van der Waals surface area contributed by atoms with Crippen molar-refractivity contribution in [1.82, 2.24) is 15.2 Å². The van der Waals surface area contributed by atoms with Gasteiger partial charge in [-0.2, -0.15) is 0 Å². The number of rotatable bonds is 4. The van der Waals surface area contributed by atoms with Gasteiger partial charge in [-0.25, -0.2) is 9.78 Å². The Morgan fingerprint density at radius 1 is 1.25 bits per heavy atom. The van der Waals surface area contributed by atoms with Gasteiger partial charge in [0, 0.05) is 50.4 Å². The monoisotopic (exact) mass is 383 g/mol. The lowest BCUT2D eigenvalue weighted by Crippen LogP contribution is -2.44. The van der Waals surface area contributed by atoms with Crippen LogP contribution in [-0.2, 0) is 4.74 Å². The standard InChI is InChI=1S/C21H29N5O2/c1-15-12-20(26-9-7-25(2)8-10-26)24-19-6-5-16(13-18(15)19)23-21(27)22-14-17-4-3-11-28-17/h5-6,12-13,17H,3-4,7-11,14H2,1-2H3,(H2,22,23,27)/t17-/m1/s1.